The maximum absolute atomic E-state index is 11.0. The van der Waals surface area contributed by atoms with Gasteiger partial charge in [-0.15, -0.1) is 4.79 Å². The summed E-state index contributed by atoms with van der Waals surface area (Å²) < 4.78 is 0.253. The summed E-state index contributed by atoms with van der Waals surface area (Å²) in [4.78, 5) is 12.5. The molecule has 8 heteroatoms. The number of hydrogen-bond donors (Lipinski definition) is 2. The van der Waals surface area contributed by atoms with Crippen molar-refractivity contribution in [1.29, 1.82) is 0 Å². The summed E-state index contributed by atoms with van der Waals surface area (Å²) >= 11 is 4.93. The normalized spacial score (nSPS) is 21.6. The largest absolute Gasteiger partial charge is 0.480 e. The molecule has 2 rings (SSSR count). The lowest BCUT2D eigenvalue weighted by molar-refractivity contribution is -0.139. The Hall–Kier alpha value is -1.44. The molecule has 0 aromatic carbocycles. The molecule has 0 amide bonds. The van der Waals surface area contributed by atoms with Gasteiger partial charge in [0.25, 0.3) is 4.77 Å². The second-order valence-electron chi connectivity index (χ2n) is 3.41. The van der Waals surface area contributed by atoms with Crippen LogP contribution in [0, 0.1) is 4.77 Å². The summed E-state index contributed by atoms with van der Waals surface area (Å²) in [7, 11) is 0. The van der Waals surface area contributed by atoms with Gasteiger partial charge < -0.3 is 5.11 Å². The van der Waals surface area contributed by atoms with Crippen LogP contribution in [0.2, 0.25) is 0 Å². The molecule has 1 aromatic rings. The average molecular weight is 229 g/mol. The molecule has 15 heavy (non-hydrogen) atoms. The van der Waals surface area contributed by atoms with E-state index in [9.17, 15) is 4.79 Å². The Balaban J connectivity index is 2.29. The lowest BCUT2D eigenvalue weighted by Crippen LogP contribution is -2.51. The highest BCUT2D eigenvalue weighted by Crippen LogP contribution is 2.15. The summed E-state index contributed by atoms with van der Waals surface area (Å²) in [5.74, 6) is -0.841. The Morgan fingerprint density at radius 1 is 1.60 bits per heavy atom. The van der Waals surface area contributed by atoms with Crippen molar-refractivity contribution < 1.29 is 9.90 Å². The minimum Gasteiger partial charge on any atom is -0.480 e. The maximum atomic E-state index is 11.0. The first kappa shape index (κ1) is 10.1. The number of aromatic amines is 1. The molecule has 0 spiro atoms. The van der Waals surface area contributed by atoms with Gasteiger partial charge in [-0.3, -0.25) is 5.01 Å². The van der Waals surface area contributed by atoms with Gasteiger partial charge in [-0.25, -0.2) is 4.79 Å². The molecule has 1 aliphatic heterocycles. The molecule has 82 valence electrons. The summed E-state index contributed by atoms with van der Waals surface area (Å²) in [6.07, 6.45) is 2.49. The number of aromatic nitrogens is 4. The van der Waals surface area contributed by atoms with E-state index >= 15 is 0 Å². The van der Waals surface area contributed by atoms with Crippen LogP contribution in [-0.2, 0) is 4.79 Å². The molecule has 1 unspecified atom stereocenters. The number of tetrazole rings is 1. The fraction of sp³-hybridized carbons (Fsp3) is 0.714. The quantitative estimate of drug-likeness (QED) is 0.689. The predicted molar refractivity (Wildman–Crippen MR) is 53.6 cm³/mol. The third-order valence-electron chi connectivity index (χ3n) is 2.47. The fourth-order valence-corrected chi connectivity index (χ4v) is 1.95. The van der Waals surface area contributed by atoms with E-state index < -0.39 is 12.0 Å². The lowest BCUT2D eigenvalue weighted by Gasteiger charge is -2.33. The first-order chi connectivity index (χ1) is 7.20. The standard InChI is InChI=1S/C7H11N5O2S/c13-6(14)5-3-1-2-4-11(5)12-7(15)8-9-10-12/h5H,1-4H2,(H,13,14)(H,8,10,15). The van der Waals surface area contributed by atoms with Gasteiger partial charge in [0.05, 0.1) is 0 Å². The molecule has 0 saturated carbocycles. The molecule has 1 saturated heterocycles. The summed E-state index contributed by atoms with van der Waals surface area (Å²) in [5.41, 5.74) is 0. The number of carbonyl (C=O) groups is 1. The Labute approximate surface area is 90.6 Å². The summed E-state index contributed by atoms with van der Waals surface area (Å²) in [5, 5.41) is 20.5. The molecule has 1 fully saturated rings. The van der Waals surface area contributed by atoms with Crippen molar-refractivity contribution in [2.75, 3.05) is 11.6 Å². The van der Waals surface area contributed by atoms with Crippen molar-refractivity contribution in [3.8, 4) is 0 Å². The lowest BCUT2D eigenvalue weighted by atomic mass is 10.0. The molecule has 0 bridgehead atoms. The number of nitrogens with zero attached hydrogens (tertiary/aromatic N) is 4. The zero-order valence-electron chi connectivity index (χ0n) is 7.96. The van der Waals surface area contributed by atoms with Gasteiger partial charge in [-0.05, 0) is 36.7 Å². The highest BCUT2D eigenvalue weighted by molar-refractivity contribution is 7.71. The predicted octanol–water partition coefficient (Wildman–Crippen LogP) is -0.0892. The molecular formula is C7H11N5O2S. The molecule has 2 heterocycles. The third kappa shape index (κ3) is 1.84. The Bertz CT molecular complexity index is 414. The van der Waals surface area contributed by atoms with Crippen LogP contribution in [0.3, 0.4) is 0 Å². The highest BCUT2D eigenvalue weighted by Gasteiger charge is 2.29. The summed E-state index contributed by atoms with van der Waals surface area (Å²) in [6.45, 7) is 0.648. The first-order valence-corrected chi connectivity index (χ1v) is 5.11. The van der Waals surface area contributed by atoms with Gasteiger partial charge >= 0.3 is 5.97 Å². The van der Waals surface area contributed by atoms with Gasteiger partial charge in [0.15, 0.2) is 0 Å². The molecule has 2 N–H and O–H groups in total. The van der Waals surface area contributed by atoms with Crippen molar-refractivity contribution in [2.24, 2.45) is 0 Å². The Morgan fingerprint density at radius 2 is 2.40 bits per heavy atom. The van der Waals surface area contributed by atoms with Crippen molar-refractivity contribution in [3.63, 3.8) is 0 Å². The molecule has 1 aliphatic rings. The molecule has 7 nitrogen and oxygen atoms in total. The molecule has 0 radical (unpaired) electrons. The zero-order valence-corrected chi connectivity index (χ0v) is 8.77. The monoisotopic (exact) mass is 229 g/mol. The second-order valence-corrected chi connectivity index (χ2v) is 3.77. The van der Waals surface area contributed by atoms with E-state index in [1.165, 1.54) is 4.79 Å². The van der Waals surface area contributed by atoms with Gasteiger partial charge in [0.2, 0.25) is 0 Å². The number of H-pyrrole nitrogens is 1. The van der Waals surface area contributed by atoms with Gasteiger partial charge in [0.1, 0.15) is 6.04 Å². The molecule has 0 aliphatic carbocycles. The highest BCUT2D eigenvalue weighted by atomic mass is 32.1. The minimum absolute atomic E-state index is 0.253. The number of carboxylic acid groups (broad SMARTS) is 1. The SMILES string of the molecule is O=C(O)C1CCCCN1n1[nH]nnc1=S. The van der Waals surface area contributed by atoms with E-state index in [4.69, 9.17) is 17.3 Å². The van der Waals surface area contributed by atoms with Crippen LogP contribution in [0.1, 0.15) is 19.3 Å². The maximum Gasteiger partial charge on any atom is 0.328 e. The van der Waals surface area contributed by atoms with E-state index in [1.54, 1.807) is 5.01 Å². The zero-order chi connectivity index (χ0) is 10.8. The van der Waals surface area contributed by atoms with Crippen LogP contribution in [0.15, 0.2) is 0 Å². The number of piperidine rings is 1. The topological polar surface area (TPSA) is 87.0 Å². The van der Waals surface area contributed by atoms with Gasteiger partial charge in [-0.1, -0.05) is 5.10 Å². The van der Waals surface area contributed by atoms with Gasteiger partial charge in [-0.2, -0.15) is 5.21 Å². The van der Waals surface area contributed by atoms with Crippen LogP contribution in [0.5, 0.6) is 0 Å². The first-order valence-electron chi connectivity index (χ1n) is 4.70. The number of carboxylic acids is 1. The fourth-order valence-electron chi connectivity index (χ4n) is 1.77. The van der Waals surface area contributed by atoms with E-state index in [0.717, 1.165) is 12.8 Å². The molecular weight excluding hydrogens is 218 g/mol. The Kier molecular flexibility index (Phi) is 2.67. The smallest absolute Gasteiger partial charge is 0.328 e. The molecule has 1 atom stereocenters. The van der Waals surface area contributed by atoms with Crippen LogP contribution in [0.4, 0.5) is 0 Å². The van der Waals surface area contributed by atoms with Crippen molar-refractivity contribution in [1.82, 2.24) is 20.3 Å². The van der Waals surface area contributed by atoms with E-state index in [1.807, 2.05) is 0 Å². The van der Waals surface area contributed by atoms with Crippen LogP contribution in [0.25, 0.3) is 0 Å². The average Bonchev–Trinajstić information content (AvgIpc) is 2.64. The van der Waals surface area contributed by atoms with E-state index in [2.05, 4.69) is 15.5 Å². The molecule has 1 aromatic heterocycles. The third-order valence-corrected chi connectivity index (χ3v) is 2.73. The summed E-state index contributed by atoms with van der Waals surface area (Å²) in [6, 6.07) is -0.548. The second kappa shape index (κ2) is 3.97. The van der Waals surface area contributed by atoms with Crippen LogP contribution in [-0.4, -0.2) is 44.0 Å². The number of rotatable bonds is 2. The van der Waals surface area contributed by atoms with E-state index in [-0.39, 0.29) is 4.77 Å². The number of aliphatic carboxylic acids is 1. The van der Waals surface area contributed by atoms with Crippen molar-refractivity contribution in [3.05, 3.63) is 4.77 Å². The van der Waals surface area contributed by atoms with Crippen LogP contribution < -0.4 is 5.01 Å². The number of nitrogens with one attached hydrogen (secondary N) is 1. The van der Waals surface area contributed by atoms with Crippen molar-refractivity contribution >= 4 is 18.2 Å². The van der Waals surface area contributed by atoms with Crippen LogP contribution >= 0.6 is 12.2 Å². The van der Waals surface area contributed by atoms with Crippen molar-refractivity contribution in [2.45, 2.75) is 25.3 Å². The van der Waals surface area contributed by atoms with E-state index in [0.29, 0.717) is 13.0 Å². The number of hydrogen-bond acceptors (Lipinski definition) is 5. The Morgan fingerprint density at radius 3 is 3.00 bits per heavy atom. The minimum atomic E-state index is -0.841. The van der Waals surface area contributed by atoms with Gasteiger partial charge in [0, 0.05) is 6.54 Å².